The van der Waals surface area contributed by atoms with E-state index in [0.717, 1.165) is 47.5 Å². The van der Waals surface area contributed by atoms with Gasteiger partial charge in [0.1, 0.15) is 24.1 Å². The largest absolute Gasteiger partial charge is 0.497 e. The normalized spacial score (nSPS) is 14.4. The maximum absolute atomic E-state index is 14.3. The molecule has 1 saturated carbocycles. The summed E-state index contributed by atoms with van der Waals surface area (Å²) in [5.41, 5.74) is 1.89. The number of rotatable bonds is 13. The van der Waals surface area contributed by atoms with Gasteiger partial charge < -0.3 is 19.7 Å². The van der Waals surface area contributed by atoms with Crippen LogP contribution in [-0.4, -0.2) is 57.5 Å². The van der Waals surface area contributed by atoms with Crippen LogP contribution in [0.4, 0.5) is 5.69 Å². The summed E-state index contributed by atoms with van der Waals surface area (Å²) in [5.74, 6) is 0.154. The fraction of sp³-hybridized carbons (Fsp3) is 0.412. The van der Waals surface area contributed by atoms with E-state index in [0.29, 0.717) is 18.1 Å². The second kappa shape index (κ2) is 15.1. The minimum absolute atomic E-state index is 0.0460. The molecule has 9 nitrogen and oxygen atoms in total. The first-order valence-corrected chi connectivity index (χ1v) is 16.6. The Labute approximate surface area is 261 Å². The molecule has 1 aliphatic rings. The van der Waals surface area contributed by atoms with Crippen LogP contribution in [0.15, 0.2) is 77.7 Å². The van der Waals surface area contributed by atoms with Gasteiger partial charge in [-0.25, -0.2) is 8.42 Å². The molecule has 0 aromatic heterocycles. The third-order valence-electron chi connectivity index (χ3n) is 7.93. The summed E-state index contributed by atoms with van der Waals surface area (Å²) in [5, 5.41) is 3.13. The van der Waals surface area contributed by atoms with E-state index in [9.17, 15) is 18.0 Å². The van der Waals surface area contributed by atoms with Crippen LogP contribution in [0.2, 0.25) is 0 Å². The molecule has 0 heterocycles. The maximum Gasteiger partial charge on any atom is 0.264 e. The van der Waals surface area contributed by atoms with E-state index in [1.54, 1.807) is 62.6 Å². The van der Waals surface area contributed by atoms with E-state index in [4.69, 9.17) is 9.47 Å². The van der Waals surface area contributed by atoms with Crippen molar-refractivity contribution in [1.29, 1.82) is 0 Å². The molecule has 10 heteroatoms. The number of nitrogens with one attached hydrogen (secondary N) is 1. The maximum atomic E-state index is 14.3. The molecule has 0 bridgehead atoms. The van der Waals surface area contributed by atoms with Crippen molar-refractivity contribution in [2.45, 2.75) is 76.4 Å². The summed E-state index contributed by atoms with van der Waals surface area (Å²) in [7, 11) is -2.65. The van der Waals surface area contributed by atoms with Crippen molar-refractivity contribution in [3.05, 3.63) is 83.9 Å². The summed E-state index contributed by atoms with van der Waals surface area (Å²) in [6.07, 6.45) is 5.06. The number of carbonyl (C=O) groups is 2. The smallest absolute Gasteiger partial charge is 0.264 e. The van der Waals surface area contributed by atoms with E-state index in [-0.39, 0.29) is 29.1 Å². The molecule has 44 heavy (non-hydrogen) atoms. The minimum Gasteiger partial charge on any atom is -0.497 e. The van der Waals surface area contributed by atoms with Gasteiger partial charge in [-0.3, -0.25) is 13.9 Å². The number of hydrogen-bond donors (Lipinski definition) is 1. The summed E-state index contributed by atoms with van der Waals surface area (Å²) in [6, 6.07) is 19.7. The zero-order valence-corrected chi connectivity index (χ0v) is 26.8. The second-order valence-electron chi connectivity index (χ2n) is 11.1. The topological polar surface area (TPSA) is 105 Å². The monoisotopic (exact) mass is 621 g/mol. The van der Waals surface area contributed by atoms with E-state index in [1.807, 2.05) is 26.0 Å². The lowest BCUT2D eigenvalue weighted by Crippen LogP contribution is -2.53. The van der Waals surface area contributed by atoms with Crippen LogP contribution >= 0.6 is 0 Å². The number of sulfonamides is 1. The van der Waals surface area contributed by atoms with Gasteiger partial charge in [0.05, 0.1) is 24.3 Å². The Morgan fingerprint density at radius 3 is 2.36 bits per heavy atom. The Morgan fingerprint density at radius 1 is 0.977 bits per heavy atom. The molecule has 0 spiro atoms. The SMILES string of the molecule is CCOc1ccccc1N(CC(=O)N(Cc1cccc(OC)c1)C(C)C(=O)NC1CCCCC1)S(=O)(=O)c1ccc(C)cc1. The van der Waals surface area contributed by atoms with Crippen LogP contribution in [0.3, 0.4) is 0 Å². The summed E-state index contributed by atoms with van der Waals surface area (Å²) >= 11 is 0. The van der Waals surface area contributed by atoms with Gasteiger partial charge in [-0.05, 0) is 75.6 Å². The molecule has 1 unspecified atom stereocenters. The number of nitrogens with zero attached hydrogens (tertiary/aromatic N) is 2. The molecule has 3 aromatic rings. The summed E-state index contributed by atoms with van der Waals surface area (Å²) in [4.78, 5) is 29.3. The Bertz CT molecular complexity index is 1520. The highest BCUT2D eigenvalue weighted by Gasteiger charge is 2.34. The van der Waals surface area contributed by atoms with E-state index in [2.05, 4.69) is 5.32 Å². The van der Waals surface area contributed by atoms with Crippen molar-refractivity contribution >= 4 is 27.5 Å². The van der Waals surface area contributed by atoms with Gasteiger partial charge in [0, 0.05) is 12.6 Å². The molecule has 1 fully saturated rings. The van der Waals surface area contributed by atoms with Crippen molar-refractivity contribution in [2.75, 3.05) is 24.6 Å². The fourth-order valence-corrected chi connectivity index (χ4v) is 6.84. The van der Waals surface area contributed by atoms with Crippen LogP contribution in [0.5, 0.6) is 11.5 Å². The van der Waals surface area contributed by atoms with E-state index >= 15 is 0 Å². The van der Waals surface area contributed by atoms with E-state index < -0.39 is 28.5 Å². The zero-order chi connectivity index (χ0) is 31.7. The molecule has 1 N–H and O–H groups in total. The van der Waals surface area contributed by atoms with Gasteiger partial charge in [-0.2, -0.15) is 0 Å². The molecule has 0 aliphatic heterocycles. The quantitative estimate of drug-likeness (QED) is 0.272. The number of aryl methyl sites for hydroxylation is 1. The average Bonchev–Trinajstić information content (AvgIpc) is 3.03. The lowest BCUT2D eigenvalue weighted by atomic mass is 9.95. The number of hydrogen-bond acceptors (Lipinski definition) is 6. The predicted molar refractivity (Wildman–Crippen MR) is 171 cm³/mol. The Balaban J connectivity index is 1.72. The third-order valence-corrected chi connectivity index (χ3v) is 9.70. The molecule has 1 aliphatic carbocycles. The van der Waals surface area contributed by atoms with Crippen LogP contribution in [0.25, 0.3) is 0 Å². The summed E-state index contributed by atoms with van der Waals surface area (Å²) < 4.78 is 40.6. The molecule has 4 rings (SSSR count). The average molecular weight is 622 g/mol. The molecular formula is C34H43N3O6S. The van der Waals surface area contributed by atoms with Crippen LogP contribution in [0, 0.1) is 6.92 Å². The van der Waals surface area contributed by atoms with Crippen LogP contribution in [0.1, 0.15) is 57.1 Å². The minimum atomic E-state index is -4.21. The van der Waals surface area contributed by atoms with Crippen molar-refractivity contribution in [2.24, 2.45) is 0 Å². The van der Waals surface area contributed by atoms with E-state index in [1.165, 1.54) is 17.0 Å². The van der Waals surface area contributed by atoms with Crippen molar-refractivity contribution in [3.63, 3.8) is 0 Å². The first kappa shape index (κ1) is 32.9. The van der Waals surface area contributed by atoms with Crippen molar-refractivity contribution in [1.82, 2.24) is 10.2 Å². The van der Waals surface area contributed by atoms with Crippen LogP contribution in [-0.2, 0) is 26.2 Å². The Hall–Kier alpha value is -4.05. The highest BCUT2D eigenvalue weighted by molar-refractivity contribution is 7.92. The number of para-hydroxylation sites is 2. The van der Waals surface area contributed by atoms with Crippen LogP contribution < -0.4 is 19.1 Å². The highest BCUT2D eigenvalue weighted by atomic mass is 32.2. The standard InChI is InChI=1S/C34H43N3O6S/c1-5-43-32-17-10-9-16-31(32)37(44(40,41)30-20-18-25(2)19-21-30)24-33(38)36(23-27-12-11-15-29(22-27)42-4)26(3)34(39)35-28-13-7-6-8-14-28/h9-12,15-22,26,28H,5-8,13-14,23-24H2,1-4H3,(H,35,39). The first-order chi connectivity index (χ1) is 21.1. The van der Waals surface area contributed by atoms with Crippen molar-refractivity contribution < 1.29 is 27.5 Å². The number of carbonyl (C=O) groups excluding carboxylic acids is 2. The molecule has 1 atom stereocenters. The highest BCUT2D eigenvalue weighted by Crippen LogP contribution is 2.33. The number of anilines is 1. The lowest BCUT2D eigenvalue weighted by molar-refractivity contribution is -0.139. The molecule has 2 amide bonds. The van der Waals surface area contributed by atoms with Gasteiger partial charge >= 0.3 is 0 Å². The van der Waals surface area contributed by atoms with Gasteiger partial charge in [-0.1, -0.05) is 61.2 Å². The number of ether oxygens (including phenoxy) is 2. The number of methoxy groups -OCH3 is 1. The molecule has 3 aromatic carbocycles. The van der Waals surface area contributed by atoms with Gasteiger partial charge in [0.25, 0.3) is 10.0 Å². The molecule has 0 saturated heterocycles. The van der Waals surface area contributed by atoms with Gasteiger partial charge in [0.15, 0.2) is 0 Å². The Kier molecular flexibility index (Phi) is 11.3. The molecular weight excluding hydrogens is 578 g/mol. The second-order valence-corrected chi connectivity index (χ2v) is 13.0. The zero-order valence-electron chi connectivity index (χ0n) is 26.0. The summed E-state index contributed by atoms with van der Waals surface area (Å²) in [6.45, 7) is 5.22. The number of benzene rings is 3. The predicted octanol–water partition coefficient (Wildman–Crippen LogP) is 5.46. The number of amides is 2. The van der Waals surface area contributed by atoms with Gasteiger partial charge in [-0.15, -0.1) is 0 Å². The first-order valence-electron chi connectivity index (χ1n) is 15.2. The van der Waals surface area contributed by atoms with Crippen molar-refractivity contribution in [3.8, 4) is 11.5 Å². The molecule has 236 valence electrons. The van der Waals surface area contributed by atoms with Gasteiger partial charge in [0.2, 0.25) is 11.8 Å². The lowest BCUT2D eigenvalue weighted by Gasteiger charge is -2.33. The third kappa shape index (κ3) is 8.11. The fourth-order valence-electron chi connectivity index (χ4n) is 5.41. The Morgan fingerprint density at radius 2 is 1.68 bits per heavy atom. The molecule has 0 radical (unpaired) electrons.